The van der Waals surface area contributed by atoms with Gasteiger partial charge in [0.15, 0.2) is 0 Å². The number of aromatic amines is 1. The maximum Gasteiger partial charge on any atom is 0.417 e. The van der Waals surface area contributed by atoms with E-state index in [2.05, 4.69) is 4.98 Å². The molecule has 26 heavy (non-hydrogen) atoms. The number of fused-ring (bicyclic) bond motifs is 3. The van der Waals surface area contributed by atoms with E-state index in [4.69, 9.17) is 9.47 Å². The summed E-state index contributed by atoms with van der Waals surface area (Å²) in [5.74, 6) is -2.12. The van der Waals surface area contributed by atoms with Crippen molar-refractivity contribution in [3.63, 3.8) is 0 Å². The number of rotatable bonds is 2. The number of aromatic nitrogens is 1. The Kier molecular flexibility index (Phi) is 3.56. The quantitative estimate of drug-likeness (QED) is 0.811. The summed E-state index contributed by atoms with van der Waals surface area (Å²) in [7, 11) is 0. The minimum absolute atomic E-state index is 0.122. The summed E-state index contributed by atoms with van der Waals surface area (Å²) < 4.78 is 52.1. The average molecular weight is 363 g/mol. The predicted octanol–water partition coefficient (Wildman–Crippen LogP) is 4.28. The van der Waals surface area contributed by atoms with Gasteiger partial charge in [0.05, 0.1) is 17.9 Å². The van der Waals surface area contributed by atoms with Gasteiger partial charge < -0.3 is 14.5 Å². The molecule has 2 heterocycles. The van der Waals surface area contributed by atoms with Crippen LogP contribution in [0.2, 0.25) is 0 Å². The van der Waals surface area contributed by atoms with E-state index in [1.807, 2.05) is 0 Å². The van der Waals surface area contributed by atoms with Crippen molar-refractivity contribution >= 4 is 16.9 Å². The number of ether oxygens (including phenoxy) is 2. The molecule has 1 unspecified atom stereocenters. The van der Waals surface area contributed by atoms with E-state index in [0.717, 1.165) is 6.07 Å². The van der Waals surface area contributed by atoms with Crippen LogP contribution in [0.5, 0.6) is 0 Å². The van der Waals surface area contributed by atoms with E-state index in [0.29, 0.717) is 34.3 Å². The summed E-state index contributed by atoms with van der Waals surface area (Å²) in [6, 6.07) is 2.53. The Balaban J connectivity index is 2.04. The molecule has 0 saturated heterocycles. The summed E-state index contributed by atoms with van der Waals surface area (Å²) in [4.78, 5) is 14.8. The van der Waals surface area contributed by atoms with Crippen LogP contribution in [0.25, 0.3) is 10.9 Å². The lowest BCUT2D eigenvalue weighted by molar-refractivity contribution is -0.223. The number of H-pyrrole nitrogens is 1. The molecule has 4 rings (SSSR count). The summed E-state index contributed by atoms with van der Waals surface area (Å²) in [5, 5.41) is 0.122. The fourth-order valence-electron chi connectivity index (χ4n) is 3.62. The first kappa shape index (κ1) is 16.9. The molecule has 136 valence electrons. The zero-order chi connectivity index (χ0) is 18.7. The molecule has 0 fully saturated rings. The summed E-state index contributed by atoms with van der Waals surface area (Å²) >= 11 is 0. The number of esters is 1. The van der Waals surface area contributed by atoms with Crippen molar-refractivity contribution in [3.8, 4) is 0 Å². The van der Waals surface area contributed by atoms with Gasteiger partial charge in [-0.1, -0.05) is 24.3 Å². The van der Waals surface area contributed by atoms with Gasteiger partial charge in [-0.15, -0.1) is 0 Å². The first-order chi connectivity index (χ1) is 12.2. The van der Waals surface area contributed by atoms with Gasteiger partial charge in [-0.05, 0) is 30.5 Å². The molecule has 7 heteroatoms. The van der Waals surface area contributed by atoms with Crippen molar-refractivity contribution in [2.45, 2.75) is 32.2 Å². The average Bonchev–Trinajstić information content (AvgIpc) is 2.86. The van der Waals surface area contributed by atoms with Crippen molar-refractivity contribution in [3.05, 3.63) is 58.3 Å². The smallest absolute Gasteiger partial charge is 0.417 e. The zero-order valence-corrected chi connectivity index (χ0v) is 14.2. The summed E-state index contributed by atoms with van der Waals surface area (Å²) in [5.41, 5.74) is 1.78. The molecule has 0 amide bonds. The molecule has 0 spiro atoms. The highest BCUT2D eigenvalue weighted by Gasteiger charge is 2.48. The Bertz CT molecular complexity index is 984. The van der Waals surface area contributed by atoms with Crippen molar-refractivity contribution < 1.29 is 27.4 Å². The molecule has 0 saturated carbocycles. The lowest BCUT2D eigenvalue weighted by atomic mass is 9.89. The minimum Gasteiger partial charge on any atom is -0.422 e. The van der Waals surface area contributed by atoms with E-state index in [-0.39, 0.29) is 12.0 Å². The molecule has 0 radical (unpaired) electrons. The number of hydrogen-bond donors (Lipinski definition) is 1. The zero-order valence-electron chi connectivity index (χ0n) is 14.2. The van der Waals surface area contributed by atoms with Crippen LogP contribution in [-0.4, -0.2) is 17.6 Å². The molecule has 1 aromatic carbocycles. The molecule has 1 aliphatic carbocycles. The second kappa shape index (κ2) is 5.48. The van der Waals surface area contributed by atoms with Crippen molar-refractivity contribution in [2.24, 2.45) is 0 Å². The third-order valence-electron chi connectivity index (χ3n) is 4.78. The first-order valence-corrected chi connectivity index (χ1v) is 8.18. The Morgan fingerprint density at radius 1 is 1.35 bits per heavy atom. The highest BCUT2D eigenvalue weighted by Crippen LogP contribution is 2.47. The van der Waals surface area contributed by atoms with Crippen LogP contribution < -0.4 is 0 Å². The van der Waals surface area contributed by atoms with Gasteiger partial charge in [-0.2, -0.15) is 13.2 Å². The highest BCUT2D eigenvalue weighted by molar-refractivity contribution is 5.91. The first-order valence-electron chi connectivity index (χ1n) is 8.18. The van der Waals surface area contributed by atoms with Crippen LogP contribution in [0.3, 0.4) is 0 Å². The Morgan fingerprint density at radius 2 is 2.08 bits per heavy atom. The van der Waals surface area contributed by atoms with E-state index >= 15 is 0 Å². The highest BCUT2D eigenvalue weighted by atomic mass is 19.4. The van der Waals surface area contributed by atoms with Crippen LogP contribution in [0.15, 0.2) is 35.9 Å². The molecule has 2 aromatic rings. The van der Waals surface area contributed by atoms with E-state index < -0.39 is 23.5 Å². The van der Waals surface area contributed by atoms with E-state index in [9.17, 15) is 18.0 Å². The molecule has 1 aromatic heterocycles. The second-order valence-electron chi connectivity index (χ2n) is 6.45. The van der Waals surface area contributed by atoms with Crippen molar-refractivity contribution in [1.82, 2.24) is 4.98 Å². The normalized spacial score (nSPS) is 22.0. The largest absolute Gasteiger partial charge is 0.422 e. The topological polar surface area (TPSA) is 51.3 Å². The van der Waals surface area contributed by atoms with Gasteiger partial charge in [-0.25, -0.2) is 0 Å². The molecular formula is C19H16F3NO3. The van der Waals surface area contributed by atoms with Gasteiger partial charge in [0, 0.05) is 23.4 Å². The maximum atomic E-state index is 13.6. The van der Waals surface area contributed by atoms with Gasteiger partial charge in [0.1, 0.15) is 0 Å². The fourth-order valence-corrected chi connectivity index (χ4v) is 3.62. The monoisotopic (exact) mass is 363 g/mol. The summed E-state index contributed by atoms with van der Waals surface area (Å²) in [6.07, 6.45) is 1.01. The van der Waals surface area contributed by atoms with E-state index in [1.165, 1.54) is 13.0 Å². The number of hydrogen-bond acceptors (Lipinski definition) is 3. The Labute approximate surface area is 147 Å². The fraction of sp³-hybridized carbons (Fsp3) is 0.316. The third kappa shape index (κ3) is 2.30. The summed E-state index contributed by atoms with van der Waals surface area (Å²) in [6.45, 7) is 3.13. The predicted molar refractivity (Wildman–Crippen MR) is 88.4 cm³/mol. The Hall–Kier alpha value is -2.54. The minimum atomic E-state index is -4.49. The molecule has 1 atom stereocenters. The number of halogens is 3. The lowest BCUT2D eigenvalue weighted by Crippen LogP contribution is -2.42. The van der Waals surface area contributed by atoms with Crippen LogP contribution >= 0.6 is 0 Å². The van der Waals surface area contributed by atoms with E-state index in [1.54, 1.807) is 25.2 Å². The molecule has 4 nitrogen and oxygen atoms in total. The molecule has 0 bridgehead atoms. The number of carbonyl (C=O) groups is 1. The van der Waals surface area contributed by atoms with Crippen LogP contribution in [0.4, 0.5) is 13.2 Å². The van der Waals surface area contributed by atoms with Gasteiger partial charge >= 0.3 is 12.1 Å². The molecule has 1 N–H and O–H groups in total. The van der Waals surface area contributed by atoms with Crippen molar-refractivity contribution in [2.75, 3.05) is 6.61 Å². The number of alkyl halides is 3. The van der Waals surface area contributed by atoms with Crippen molar-refractivity contribution in [1.29, 1.82) is 0 Å². The SMILES string of the molecule is CC(=O)OC1(C2=CC=C2)OCCc2c1[nH]c1c(C)ccc(C(F)(F)F)c21. The number of aryl methyl sites for hydroxylation is 1. The standard InChI is InChI=1S/C19H16F3NO3/c1-10-6-7-14(19(20,21)22)15-13-8-9-25-18(26-11(2)24,12-4-3-5-12)17(13)23-16(10)15/h3-7,23H,8-9H2,1-2H3. The van der Waals surface area contributed by atoms with Crippen LogP contribution in [0, 0.1) is 6.92 Å². The lowest BCUT2D eigenvalue weighted by Gasteiger charge is -2.38. The van der Waals surface area contributed by atoms with Gasteiger partial charge in [0.25, 0.3) is 5.79 Å². The molecule has 1 aliphatic heterocycles. The molecule has 2 aliphatic rings. The van der Waals surface area contributed by atoms with Crippen LogP contribution in [-0.2, 0) is 32.7 Å². The maximum absolute atomic E-state index is 13.6. The third-order valence-corrected chi connectivity index (χ3v) is 4.78. The number of nitrogens with one attached hydrogen (secondary N) is 1. The van der Waals surface area contributed by atoms with Gasteiger partial charge in [-0.3, -0.25) is 4.79 Å². The number of carbonyl (C=O) groups excluding carboxylic acids is 1. The van der Waals surface area contributed by atoms with Crippen LogP contribution in [0.1, 0.15) is 29.3 Å². The Morgan fingerprint density at radius 3 is 2.65 bits per heavy atom. The number of benzene rings is 1. The van der Waals surface area contributed by atoms with Gasteiger partial charge in [0.2, 0.25) is 0 Å². The second-order valence-corrected chi connectivity index (χ2v) is 6.45. The molecular weight excluding hydrogens is 347 g/mol. The number of allylic oxidation sites excluding steroid dienone is 2.